The molecule has 3 N–H and O–H groups in total. The average Bonchev–Trinajstić information content (AvgIpc) is 3.10. The SMILES string of the molecule is CC(C)(C)c1ccc(C(=O)Nc2ccc(-c3ccc(C(F)(F)F)cc3)cc2C(=O)N[C@@H](Cc2ccc(-c3ccc(C(F)(F)F)cc3)cc2)C(=O)O)cc1. The van der Waals surface area contributed by atoms with Gasteiger partial charge in [0, 0.05) is 12.0 Å². The highest BCUT2D eigenvalue weighted by molar-refractivity contribution is 6.10. The molecular formula is C41H34F6N2O4. The molecule has 0 fully saturated rings. The van der Waals surface area contributed by atoms with Gasteiger partial charge in [0.1, 0.15) is 6.04 Å². The van der Waals surface area contributed by atoms with Crippen molar-refractivity contribution < 1.29 is 45.8 Å². The van der Waals surface area contributed by atoms with Crippen molar-refractivity contribution in [1.82, 2.24) is 5.32 Å². The lowest BCUT2D eigenvalue weighted by Crippen LogP contribution is -2.42. The molecule has 0 aliphatic rings. The number of rotatable bonds is 9. The van der Waals surface area contributed by atoms with Gasteiger partial charge in [-0.25, -0.2) is 4.79 Å². The van der Waals surface area contributed by atoms with Gasteiger partial charge in [0.2, 0.25) is 0 Å². The summed E-state index contributed by atoms with van der Waals surface area (Å²) in [4.78, 5) is 39.5. The Morgan fingerprint density at radius 2 is 1.02 bits per heavy atom. The highest BCUT2D eigenvalue weighted by atomic mass is 19.4. The number of amides is 2. The second kappa shape index (κ2) is 15.0. The van der Waals surface area contributed by atoms with Gasteiger partial charge in [-0.1, -0.05) is 87.5 Å². The van der Waals surface area contributed by atoms with Crippen LogP contribution in [0.3, 0.4) is 0 Å². The molecule has 0 heterocycles. The van der Waals surface area contributed by atoms with Crippen LogP contribution in [0.5, 0.6) is 0 Å². The van der Waals surface area contributed by atoms with Crippen LogP contribution < -0.4 is 10.6 Å². The predicted molar refractivity (Wildman–Crippen MR) is 189 cm³/mol. The number of carboxylic acids is 1. The number of hydrogen-bond donors (Lipinski definition) is 3. The average molecular weight is 733 g/mol. The second-order valence-electron chi connectivity index (χ2n) is 13.5. The lowest BCUT2D eigenvalue weighted by atomic mass is 9.86. The van der Waals surface area contributed by atoms with Crippen LogP contribution in [0.4, 0.5) is 32.0 Å². The Morgan fingerprint density at radius 1 is 0.585 bits per heavy atom. The van der Waals surface area contributed by atoms with Gasteiger partial charge in [-0.3, -0.25) is 9.59 Å². The summed E-state index contributed by atoms with van der Waals surface area (Å²) >= 11 is 0. The highest BCUT2D eigenvalue weighted by Crippen LogP contribution is 2.33. The van der Waals surface area contributed by atoms with Gasteiger partial charge in [0.15, 0.2) is 0 Å². The zero-order valence-corrected chi connectivity index (χ0v) is 28.7. The molecule has 53 heavy (non-hydrogen) atoms. The first-order valence-corrected chi connectivity index (χ1v) is 16.3. The molecule has 0 radical (unpaired) electrons. The Bertz CT molecular complexity index is 2100. The number of alkyl halides is 6. The van der Waals surface area contributed by atoms with E-state index in [1.165, 1.54) is 42.5 Å². The molecule has 0 aromatic heterocycles. The quantitative estimate of drug-likeness (QED) is 0.132. The van der Waals surface area contributed by atoms with Gasteiger partial charge in [-0.2, -0.15) is 26.3 Å². The van der Waals surface area contributed by atoms with Gasteiger partial charge in [-0.05, 0) is 87.3 Å². The summed E-state index contributed by atoms with van der Waals surface area (Å²) in [6, 6.07) is 25.0. The first kappa shape index (κ1) is 38.3. The third kappa shape index (κ3) is 9.50. The van der Waals surface area contributed by atoms with E-state index in [1.807, 2.05) is 32.9 Å². The van der Waals surface area contributed by atoms with Gasteiger partial charge in [0.05, 0.1) is 22.4 Å². The van der Waals surface area contributed by atoms with Gasteiger partial charge < -0.3 is 15.7 Å². The fraction of sp³-hybridized carbons (Fsp3) is 0.195. The van der Waals surface area contributed by atoms with Crippen molar-refractivity contribution in [1.29, 1.82) is 0 Å². The van der Waals surface area contributed by atoms with Crippen molar-refractivity contribution in [3.8, 4) is 22.3 Å². The molecule has 5 aromatic rings. The monoisotopic (exact) mass is 732 g/mol. The Kier molecular flexibility index (Phi) is 10.8. The van der Waals surface area contributed by atoms with Crippen LogP contribution in [0.15, 0.2) is 115 Å². The van der Waals surface area contributed by atoms with E-state index in [4.69, 9.17) is 0 Å². The molecule has 0 aliphatic carbocycles. The first-order chi connectivity index (χ1) is 24.8. The summed E-state index contributed by atoms with van der Waals surface area (Å²) in [6.07, 6.45) is -9.21. The minimum atomic E-state index is -4.56. The lowest BCUT2D eigenvalue weighted by Gasteiger charge is -2.19. The van der Waals surface area contributed by atoms with Crippen molar-refractivity contribution in [2.24, 2.45) is 0 Å². The minimum Gasteiger partial charge on any atom is -0.480 e. The van der Waals surface area contributed by atoms with E-state index in [0.717, 1.165) is 29.8 Å². The first-order valence-electron chi connectivity index (χ1n) is 16.3. The number of aliphatic carboxylic acids is 1. The fourth-order valence-electron chi connectivity index (χ4n) is 5.55. The number of carbonyl (C=O) groups excluding carboxylic acids is 2. The maximum absolute atomic E-state index is 13.8. The molecule has 0 bridgehead atoms. The Hall–Kier alpha value is -5.91. The standard InChI is InChI=1S/C41H34F6N2O4/c1-39(2,3)30-15-12-28(13-16-30)36(50)48-34-21-14-29(27-10-19-32(20-11-27)41(45,46)47)23-33(34)37(51)49-35(38(52)53)22-24-4-6-25(7-5-24)26-8-17-31(18-9-26)40(42,43)44/h4-21,23,35H,22H2,1-3H3,(H,48,50)(H,49,51)(H,52,53)/t35-/m0/s1. The molecular weight excluding hydrogens is 698 g/mol. The molecule has 0 saturated carbocycles. The van der Waals surface area contributed by atoms with Crippen molar-refractivity contribution in [3.63, 3.8) is 0 Å². The van der Waals surface area contributed by atoms with Crippen LogP contribution in [0, 0.1) is 0 Å². The number of anilines is 1. The van der Waals surface area contributed by atoms with Crippen LogP contribution in [-0.2, 0) is 29.0 Å². The summed E-state index contributed by atoms with van der Waals surface area (Å²) in [6.45, 7) is 6.07. The van der Waals surface area contributed by atoms with Crippen molar-refractivity contribution in [2.75, 3.05) is 5.32 Å². The topological polar surface area (TPSA) is 95.5 Å². The van der Waals surface area contributed by atoms with Crippen molar-refractivity contribution in [2.45, 2.75) is 51.0 Å². The summed E-state index contributed by atoms with van der Waals surface area (Å²) in [5.74, 6) is -2.79. The van der Waals surface area contributed by atoms with Gasteiger partial charge in [-0.15, -0.1) is 0 Å². The Labute approximate surface area is 301 Å². The number of halogens is 6. The molecule has 12 heteroatoms. The molecule has 5 rings (SSSR count). The van der Waals surface area contributed by atoms with E-state index in [9.17, 15) is 45.8 Å². The molecule has 0 aliphatic heterocycles. The van der Waals surface area contributed by atoms with Crippen LogP contribution in [-0.4, -0.2) is 28.9 Å². The minimum absolute atomic E-state index is 0.0353. The molecule has 1 atom stereocenters. The van der Waals surface area contributed by atoms with E-state index in [1.54, 1.807) is 36.4 Å². The lowest BCUT2D eigenvalue weighted by molar-refractivity contribution is -0.139. The third-order valence-corrected chi connectivity index (χ3v) is 8.61. The van der Waals surface area contributed by atoms with Gasteiger partial charge in [0.25, 0.3) is 11.8 Å². The van der Waals surface area contributed by atoms with E-state index in [-0.39, 0.29) is 23.1 Å². The Balaban J connectivity index is 1.41. The summed E-state index contributed by atoms with van der Waals surface area (Å²) in [7, 11) is 0. The number of carboxylic acid groups (broad SMARTS) is 1. The van der Waals surface area contributed by atoms with Gasteiger partial charge >= 0.3 is 18.3 Å². The maximum Gasteiger partial charge on any atom is 0.416 e. The van der Waals surface area contributed by atoms with Crippen LogP contribution >= 0.6 is 0 Å². The summed E-state index contributed by atoms with van der Waals surface area (Å²) in [5, 5.41) is 15.2. The smallest absolute Gasteiger partial charge is 0.416 e. The number of hydrogen-bond acceptors (Lipinski definition) is 3. The zero-order chi connectivity index (χ0) is 38.7. The van der Waals surface area contributed by atoms with Crippen LogP contribution in [0.25, 0.3) is 22.3 Å². The summed E-state index contributed by atoms with van der Waals surface area (Å²) in [5.41, 5.74) is 1.64. The highest BCUT2D eigenvalue weighted by Gasteiger charge is 2.31. The maximum atomic E-state index is 13.8. The fourth-order valence-corrected chi connectivity index (χ4v) is 5.55. The van der Waals surface area contributed by atoms with Crippen molar-refractivity contribution >= 4 is 23.5 Å². The molecule has 0 saturated heterocycles. The normalized spacial score (nSPS) is 12.5. The number of carbonyl (C=O) groups is 3. The molecule has 6 nitrogen and oxygen atoms in total. The summed E-state index contributed by atoms with van der Waals surface area (Å²) < 4.78 is 78.5. The third-order valence-electron chi connectivity index (χ3n) is 8.61. The Morgan fingerprint density at radius 3 is 1.47 bits per heavy atom. The van der Waals surface area contributed by atoms with E-state index in [2.05, 4.69) is 10.6 Å². The van der Waals surface area contributed by atoms with Crippen LogP contribution in [0.1, 0.15) is 63.7 Å². The largest absolute Gasteiger partial charge is 0.480 e. The molecule has 5 aromatic carbocycles. The predicted octanol–water partition coefficient (Wildman–Crippen LogP) is 10.0. The van der Waals surface area contributed by atoms with Crippen LogP contribution in [0.2, 0.25) is 0 Å². The van der Waals surface area contributed by atoms with Crippen molar-refractivity contribution in [3.05, 3.63) is 149 Å². The molecule has 274 valence electrons. The number of nitrogens with one attached hydrogen (secondary N) is 2. The number of benzene rings is 5. The molecule has 2 amide bonds. The van der Waals surface area contributed by atoms with E-state index in [0.29, 0.717) is 33.4 Å². The molecule has 0 spiro atoms. The second-order valence-corrected chi connectivity index (χ2v) is 13.5. The van der Waals surface area contributed by atoms with E-state index >= 15 is 0 Å². The molecule has 0 unspecified atom stereocenters. The van der Waals surface area contributed by atoms with E-state index < -0.39 is 47.3 Å². The zero-order valence-electron chi connectivity index (χ0n) is 28.7.